The molecule has 0 heterocycles. The number of ether oxygens (including phenoxy) is 1. The largest absolute Gasteiger partial charge is 0.497 e. The molecule has 0 fully saturated rings. The number of aryl methyl sites for hydroxylation is 1. The van der Waals surface area contributed by atoms with Crippen molar-refractivity contribution in [1.29, 1.82) is 0 Å². The number of aliphatic imine (C=N–C) groups is 1. The van der Waals surface area contributed by atoms with Gasteiger partial charge in [0.05, 0.1) is 25.2 Å². The standard InChI is InChI=1S/C20H25N3O/c1-5-19(22-20-11-10-18(24-4)12-15(20)3)16-8-7-9-17(13-16)23(6-2)14-21/h5,7-13H,1,6,14,21H2,2-4H3. The second-order valence-electron chi connectivity index (χ2n) is 5.44. The lowest BCUT2D eigenvalue weighted by molar-refractivity contribution is 0.414. The molecule has 0 saturated heterocycles. The van der Waals surface area contributed by atoms with Crippen LogP contribution >= 0.6 is 0 Å². The van der Waals surface area contributed by atoms with Crippen molar-refractivity contribution in [3.63, 3.8) is 0 Å². The van der Waals surface area contributed by atoms with Crippen LogP contribution in [0.15, 0.2) is 60.1 Å². The topological polar surface area (TPSA) is 50.8 Å². The summed E-state index contributed by atoms with van der Waals surface area (Å²) in [6, 6.07) is 14.0. The summed E-state index contributed by atoms with van der Waals surface area (Å²) in [6.45, 7) is 9.37. The molecule has 0 aliphatic heterocycles. The van der Waals surface area contributed by atoms with Gasteiger partial charge in [-0.25, -0.2) is 4.99 Å². The van der Waals surface area contributed by atoms with Gasteiger partial charge in [-0.3, -0.25) is 0 Å². The Bertz CT molecular complexity index is 733. The molecule has 0 bridgehead atoms. The van der Waals surface area contributed by atoms with Crippen LogP contribution in [0.1, 0.15) is 18.1 Å². The minimum absolute atomic E-state index is 0.484. The molecule has 0 amide bonds. The van der Waals surface area contributed by atoms with Crippen molar-refractivity contribution in [3.05, 3.63) is 66.2 Å². The highest BCUT2D eigenvalue weighted by atomic mass is 16.5. The van der Waals surface area contributed by atoms with Crippen LogP contribution < -0.4 is 15.4 Å². The second kappa shape index (κ2) is 8.31. The highest BCUT2D eigenvalue weighted by Crippen LogP contribution is 2.25. The fraction of sp³-hybridized carbons (Fsp3) is 0.250. The van der Waals surface area contributed by atoms with Gasteiger partial charge in [0.25, 0.3) is 0 Å². The third-order valence-electron chi connectivity index (χ3n) is 3.95. The molecule has 2 N–H and O–H groups in total. The predicted octanol–water partition coefficient (Wildman–Crippen LogP) is 4.05. The van der Waals surface area contributed by atoms with Crippen LogP contribution in [0.3, 0.4) is 0 Å². The Morgan fingerprint density at radius 1 is 1.29 bits per heavy atom. The molecular weight excluding hydrogens is 298 g/mol. The van der Waals surface area contributed by atoms with E-state index in [-0.39, 0.29) is 0 Å². The zero-order valence-electron chi connectivity index (χ0n) is 14.6. The van der Waals surface area contributed by atoms with Crippen LogP contribution in [-0.4, -0.2) is 26.0 Å². The fourth-order valence-electron chi connectivity index (χ4n) is 2.52. The van der Waals surface area contributed by atoms with Crippen LogP contribution in [0.25, 0.3) is 0 Å². The smallest absolute Gasteiger partial charge is 0.119 e. The van der Waals surface area contributed by atoms with E-state index in [1.165, 1.54) is 0 Å². The highest BCUT2D eigenvalue weighted by molar-refractivity contribution is 6.10. The van der Waals surface area contributed by atoms with Crippen molar-refractivity contribution in [2.75, 3.05) is 25.2 Å². The Morgan fingerprint density at radius 2 is 2.08 bits per heavy atom. The SMILES string of the molecule is C=CC(=Nc1ccc(OC)cc1C)c1cccc(N(CC)CN)c1. The molecule has 4 nitrogen and oxygen atoms in total. The Balaban J connectivity index is 2.41. The van der Waals surface area contributed by atoms with E-state index in [4.69, 9.17) is 15.5 Å². The monoisotopic (exact) mass is 323 g/mol. The Kier molecular flexibility index (Phi) is 6.15. The number of hydrogen-bond acceptors (Lipinski definition) is 4. The average Bonchev–Trinajstić information content (AvgIpc) is 2.62. The third-order valence-corrected chi connectivity index (χ3v) is 3.95. The normalized spacial score (nSPS) is 11.2. The molecule has 0 radical (unpaired) electrons. The summed E-state index contributed by atoms with van der Waals surface area (Å²) in [5.74, 6) is 0.829. The fourth-order valence-corrected chi connectivity index (χ4v) is 2.52. The summed E-state index contributed by atoms with van der Waals surface area (Å²) in [4.78, 5) is 6.87. The number of rotatable bonds is 7. The molecule has 0 spiro atoms. The minimum atomic E-state index is 0.484. The van der Waals surface area contributed by atoms with Crippen LogP contribution in [0.5, 0.6) is 5.75 Å². The number of methoxy groups -OCH3 is 1. The highest BCUT2D eigenvalue weighted by Gasteiger charge is 2.07. The molecule has 2 rings (SSSR count). The van der Waals surface area contributed by atoms with Crippen LogP contribution in [-0.2, 0) is 0 Å². The van der Waals surface area contributed by atoms with Crippen molar-refractivity contribution >= 4 is 17.1 Å². The van der Waals surface area contributed by atoms with Crippen molar-refractivity contribution in [1.82, 2.24) is 0 Å². The number of benzene rings is 2. The van der Waals surface area contributed by atoms with Crippen molar-refractivity contribution < 1.29 is 4.74 Å². The molecule has 2 aromatic rings. The Labute approximate surface area is 144 Å². The lowest BCUT2D eigenvalue weighted by atomic mass is 10.1. The molecule has 126 valence electrons. The first-order valence-corrected chi connectivity index (χ1v) is 8.04. The van der Waals surface area contributed by atoms with Crippen LogP contribution in [0, 0.1) is 6.92 Å². The number of nitrogens with zero attached hydrogens (tertiary/aromatic N) is 2. The summed E-state index contributed by atoms with van der Waals surface area (Å²) in [5.41, 5.74) is 10.7. The Hall–Kier alpha value is -2.59. The first-order valence-electron chi connectivity index (χ1n) is 8.04. The molecule has 0 aromatic heterocycles. The van der Waals surface area contributed by atoms with Crippen molar-refractivity contribution in [2.24, 2.45) is 10.7 Å². The van der Waals surface area contributed by atoms with Gasteiger partial charge in [-0.15, -0.1) is 0 Å². The van der Waals surface area contributed by atoms with Gasteiger partial charge in [0.1, 0.15) is 5.75 Å². The number of allylic oxidation sites excluding steroid dienone is 1. The first kappa shape index (κ1) is 17.8. The molecule has 4 heteroatoms. The van der Waals surface area contributed by atoms with Crippen LogP contribution in [0.2, 0.25) is 0 Å². The van der Waals surface area contributed by atoms with Gasteiger partial charge < -0.3 is 15.4 Å². The lowest BCUT2D eigenvalue weighted by Crippen LogP contribution is -2.29. The summed E-state index contributed by atoms with van der Waals surface area (Å²) >= 11 is 0. The number of anilines is 1. The third kappa shape index (κ3) is 4.03. The zero-order chi connectivity index (χ0) is 17.5. The van der Waals surface area contributed by atoms with Gasteiger partial charge in [-0.05, 0) is 55.8 Å². The number of nitrogens with two attached hydrogens (primary N) is 1. The van der Waals surface area contributed by atoms with Gasteiger partial charge in [-0.1, -0.05) is 18.7 Å². The van der Waals surface area contributed by atoms with E-state index in [0.29, 0.717) is 6.67 Å². The van der Waals surface area contributed by atoms with Crippen LogP contribution in [0.4, 0.5) is 11.4 Å². The summed E-state index contributed by atoms with van der Waals surface area (Å²) in [6.07, 6.45) is 1.78. The molecule has 0 unspecified atom stereocenters. The van der Waals surface area contributed by atoms with Gasteiger partial charge in [0.2, 0.25) is 0 Å². The van der Waals surface area contributed by atoms with E-state index in [1.54, 1.807) is 13.2 Å². The summed E-state index contributed by atoms with van der Waals surface area (Å²) < 4.78 is 5.25. The van der Waals surface area contributed by atoms with E-state index >= 15 is 0 Å². The van der Waals surface area contributed by atoms with Gasteiger partial charge >= 0.3 is 0 Å². The minimum Gasteiger partial charge on any atom is -0.497 e. The van der Waals surface area contributed by atoms with E-state index in [0.717, 1.165) is 40.5 Å². The second-order valence-corrected chi connectivity index (χ2v) is 5.44. The molecule has 2 aromatic carbocycles. The average molecular weight is 323 g/mol. The molecule has 0 atom stereocenters. The first-order chi connectivity index (χ1) is 11.6. The maximum Gasteiger partial charge on any atom is 0.119 e. The molecule has 0 aliphatic rings. The maximum absolute atomic E-state index is 5.81. The van der Waals surface area contributed by atoms with Gasteiger partial charge in [0.15, 0.2) is 0 Å². The quantitative estimate of drug-likeness (QED) is 0.617. The van der Waals surface area contributed by atoms with Gasteiger partial charge in [0, 0.05) is 17.8 Å². The maximum atomic E-state index is 5.81. The molecular formula is C20H25N3O. The van der Waals surface area contributed by atoms with E-state index in [1.807, 2.05) is 37.3 Å². The number of hydrogen-bond donors (Lipinski definition) is 1. The van der Waals surface area contributed by atoms with E-state index < -0.39 is 0 Å². The van der Waals surface area contributed by atoms with E-state index in [2.05, 4.69) is 30.5 Å². The molecule has 0 aliphatic carbocycles. The summed E-state index contributed by atoms with van der Waals surface area (Å²) in [7, 11) is 1.66. The Morgan fingerprint density at radius 3 is 2.67 bits per heavy atom. The van der Waals surface area contributed by atoms with E-state index in [9.17, 15) is 0 Å². The molecule has 0 saturated carbocycles. The predicted molar refractivity (Wildman–Crippen MR) is 103 cm³/mol. The summed E-state index contributed by atoms with van der Waals surface area (Å²) in [5, 5.41) is 0. The molecule has 24 heavy (non-hydrogen) atoms. The zero-order valence-corrected chi connectivity index (χ0v) is 14.6. The lowest BCUT2D eigenvalue weighted by Gasteiger charge is -2.21. The van der Waals surface area contributed by atoms with Crippen molar-refractivity contribution in [2.45, 2.75) is 13.8 Å². The van der Waals surface area contributed by atoms with Gasteiger partial charge in [-0.2, -0.15) is 0 Å². The van der Waals surface area contributed by atoms with Crippen molar-refractivity contribution in [3.8, 4) is 5.75 Å².